The highest BCUT2D eigenvalue weighted by atomic mass is 32.1. The van der Waals surface area contributed by atoms with Crippen molar-refractivity contribution < 1.29 is 9.84 Å². The fraction of sp³-hybridized carbons (Fsp3) is 0.444. The zero-order valence-electron chi connectivity index (χ0n) is 14.9. The number of aliphatic hydroxyl groups is 1. The van der Waals surface area contributed by atoms with Gasteiger partial charge in [0.05, 0.1) is 0 Å². The topological polar surface area (TPSA) is 84.0 Å². The second-order valence-corrected chi connectivity index (χ2v) is 7.38. The first-order valence-corrected chi connectivity index (χ1v) is 9.13. The van der Waals surface area contributed by atoms with Crippen molar-refractivity contribution in [2.45, 2.75) is 38.6 Å². The first-order valence-electron chi connectivity index (χ1n) is 8.25. The van der Waals surface area contributed by atoms with Crippen molar-refractivity contribution in [3.63, 3.8) is 0 Å². The zero-order chi connectivity index (χ0) is 18.2. The SMILES string of the molecule is CCO[C@@H]1C(O)N(C)C(N)=N[C@]1(C)c1cc(-c2cncc(C)c2)cs1. The van der Waals surface area contributed by atoms with Gasteiger partial charge < -0.3 is 20.5 Å². The Balaban J connectivity index is 2.04. The van der Waals surface area contributed by atoms with E-state index in [1.165, 1.54) is 0 Å². The molecule has 0 aromatic carbocycles. The standard InChI is InChI=1S/C18H24N4O2S/c1-5-24-15-16(23)22(4)17(19)21-18(15,3)14-7-13(10-25-14)12-6-11(2)8-20-9-12/h6-10,15-16,23H,5H2,1-4H3,(H2,19,21)/t15-,16?,18-/m1/s1. The third kappa shape index (κ3) is 3.15. The molecule has 6 nitrogen and oxygen atoms in total. The van der Waals surface area contributed by atoms with Gasteiger partial charge in [0.2, 0.25) is 0 Å². The monoisotopic (exact) mass is 360 g/mol. The highest BCUT2D eigenvalue weighted by Crippen LogP contribution is 2.41. The second kappa shape index (κ2) is 6.74. The summed E-state index contributed by atoms with van der Waals surface area (Å²) < 4.78 is 5.86. The Bertz CT molecular complexity index is 791. The van der Waals surface area contributed by atoms with Crippen molar-refractivity contribution >= 4 is 17.3 Å². The third-order valence-electron chi connectivity index (χ3n) is 4.58. The normalized spacial score (nSPS) is 26.6. The minimum absolute atomic E-state index is 0.304. The van der Waals surface area contributed by atoms with Crippen LogP contribution in [0.25, 0.3) is 11.1 Å². The Morgan fingerprint density at radius 3 is 2.80 bits per heavy atom. The summed E-state index contributed by atoms with van der Waals surface area (Å²) in [6, 6.07) is 4.18. The van der Waals surface area contributed by atoms with Crippen molar-refractivity contribution in [1.82, 2.24) is 9.88 Å². The smallest absolute Gasteiger partial charge is 0.194 e. The van der Waals surface area contributed by atoms with Gasteiger partial charge in [-0.3, -0.25) is 4.98 Å². The third-order valence-corrected chi connectivity index (χ3v) is 5.74. The molecule has 0 fully saturated rings. The summed E-state index contributed by atoms with van der Waals surface area (Å²) in [5.74, 6) is 0.304. The molecule has 0 saturated carbocycles. The van der Waals surface area contributed by atoms with E-state index < -0.39 is 17.9 Å². The summed E-state index contributed by atoms with van der Waals surface area (Å²) in [5.41, 5.74) is 8.54. The van der Waals surface area contributed by atoms with Gasteiger partial charge in [0.25, 0.3) is 0 Å². The van der Waals surface area contributed by atoms with Crippen molar-refractivity contribution in [3.05, 3.63) is 40.3 Å². The Labute approximate surface area is 152 Å². The van der Waals surface area contributed by atoms with Crippen LogP contribution in [0.15, 0.2) is 34.9 Å². The van der Waals surface area contributed by atoms with E-state index in [4.69, 9.17) is 10.5 Å². The van der Waals surface area contributed by atoms with E-state index in [1.807, 2.05) is 33.2 Å². The summed E-state index contributed by atoms with van der Waals surface area (Å²) in [7, 11) is 1.72. The molecule has 0 radical (unpaired) electrons. The van der Waals surface area contributed by atoms with Crippen LogP contribution in [0, 0.1) is 6.92 Å². The predicted octanol–water partition coefficient (Wildman–Crippen LogP) is 2.32. The van der Waals surface area contributed by atoms with Crippen LogP contribution in [0.1, 0.15) is 24.3 Å². The molecule has 1 aliphatic rings. The van der Waals surface area contributed by atoms with E-state index in [1.54, 1.807) is 23.3 Å². The summed E-state index contributed by atoms with van der Waals surface area (Å²) in [6.07, 6.45) is 2.33. The second-order valence-electron chi connectivity index (χ2n) is 6.47. The van der Waals surface area contributed by atoms with E-state index in [2.05, 4.69) is 27.5 Å². The number of aliphatic imine (C=N–C) groups is 1. The molecule has 2 aromatic heterocycles. The summed E-state index contributed by atoms with van der Waals surface area (Å²) in [4.78, 5) is 11.5. The Kier molecular flexibility index (Phi) is 4.81. The van der Waals surface area contributed by atoms with Crippen LogP contribution in [0.2, 0.25) is 0 Å². The van der Waals surface area contributed by atoms with Crippen LogP contribution < -0.4 is 5.73 Å². The lowest BCUT2D eigenvalue weighted by Gasteiger charge is -2.44. The lowest BCUT2D eigenvalue weighted by Crippen LogP contribution is -2.60. The van der Waals surface area contributed by atoms with Crippen LogP contribution in [0.5, 0.6) is 0 Å². The van der Waals surface area contributed by atoms with Gasteiger partial charge in [-0.15, -0.1) is 11.3 Å². The fourth-order valence-electron chi connectivity index (χ4n) is 3.10. The highest BCUT2D eigenvalue weighted by molar-refractivity contribution is 7.10. The first-order chi connectivity index (χ1) is 11.9. The van der Waals surface area contributed by atoms with Crippen molar-refractivity contribution in [2.24, 2.45) is 10.7 Å². The van der Waals surface area contributed by atoms with E-state index in [0.717, 1.165) is 21.6 Å². The summed E-state index contributed by atoms with van der Waals surface area (Å²) in [6.45, 7) is 6.38. The van der Waals surface area contributed by atoms with Gasteiger partial charge in [0.1, 0.15) is 11.6 Å². The molecule has 3 N–H and O–H groups in total. The molecule has 7 heteroatoms. The minimum Gasteiger partial charge on any atom is -0.371 e. The molecule has 0 aliphatic carbocycles. The van der Waals surface area contributed by atoms with Crippen LogP contribution in [0.3, 0.4) is 0 Å². The quantitative estimate of drug-likeness (QED) is 0.874. The first kappa shape index (κ1) is 17.8. The maximum atomic E-state index is 10.6. The minimum atomic E-state index is -0.853. The zero-order valence-corrected chi connectivity index (χ0v) is 15.7. The molecular weight excluding hydrogens is 336 g/mol. The van der Waals surface area contributed by atoms with Gasteiger partial charge in [-0.2, -0.15) is 0 Å². The number of aromatic nitrogens is 1. The van der Waals surface area contributed by atoms with Gasteiger partial charge in [-0.05, 0) is 49.4 Å². The number of likely N-dealkylation sites (N-methyl/N-ethyl adjacent to an activating group) is 1. The average molecular weight is 360 g/mol. The lowest BCUT2D eigenvalue weighted by molar-refractivity contribution is -0.120. The number of guanidine groups is 1. The molecule has 0 amide bonds. The van der Waals surface area contributed by atoms with Gasteiger partial charge in [0.15, 0.2) is 12.2 Å². The number of aliphatic hydroxyl groups excluding tert-OH is 1. The molecular formula is C18H24N4O2S. The van der Waals surface area contributed by atoms with Crippen molar-refractivity contribution in [3.8, 4) is 11.1 Å². The molecule has 1 unspecified atom stereocenters. The van der Waals surface area contributed by atoms with Crippen molar-refractivity contribution in [2.75, 3.05) is 13.7 Å². The Morgan fingerprint density at radius 1 is 1.36 bits per heavy atom. The molecule has 134 valence electrons. The van der Waals surface area contributed by atoms with Crippen LogP contribution in [0.4, 0.5) is 0 Å². The predicted molar refractivity (Wildman–Crippen MR) is 100 cm³/mol. The summed E-state index contributed by atoms with van der Waals surface area (Å²) in [5, 5.41) is 12.7. The molecule has 3 heterocycles. The molecule has 2 aromatic rings. The summed E-state index contributed by atoms with van der Waals surface area (Å²) >= 11 is 1.59. The number of rotatable bonds is 4. The Morgan fingerprint density at radius 2 is 2.12 bits per heavy atom. The highest BCUT2D eigenvalue weighted by Gasteiger charge is 2.47. The molecule has 0 spiro atoms. The molecule has 0 saturated heterocycles. The molecule has 0 bridgehead atoms. The molecule has 3 rings (SSSR count). The lowest BCUT2D eigenvalue weighted by atomic mass is 9.89. The van der Waals surface area contributed by atoms with Gasteiger partial charge in [0, 0.05) is 36.5 Å². The number of hydrogen-bond donors (Lipinski definition) is 2. The average Bonchev–Trinajstić information content (AvgIpc) is 3.08. The number of nitrogens with two attached hydrogens (primary N) is 1. The fourth-order valence-corrected chi connectivity index (χ4v) is 4.15. The van der Waals surface area contributed by atoms with Crippen LogP contribution in [-0.4, -0.2) is 46.9 Å². The number of hydrogen-bond acceptors (Lipinski definition) is 7. The molecule has 25 heavy (non-hydrogen) atoms. The Hall–Kier alpha value is -1.96. The van der Waals surface area contributed by atoms with Crippen LogP contribution >= 0.6 is 11.3 Å². The van der Waals surface area contributed by atoms with E-state index >= 15 is 0 Å². The van der Waals surface area contributed by atoms with E-state index in [0.29, 0.717) is 12.6 Å². The number of ether oxygens (including phenoxy) is 1. The molecule has 3 atom stereocenters. The molecule has 1 aliphatic heterocycles. The number of pyridine rings is 1. The van der Waals surface area contributed by atoms with E-state index in [9.17, 15) is 5.11 Å². The number of nitrogens with zero attached hydrogens (tertiary/aromatic N) is 3. The van der Waals surface area contributed by atoms with Crippen molar-refractivity contribution in [1.29, 1.82) is 0 Å². The maximum absolute atomic E-state index is 10.6. The number of aryl methyl sites for hydroxylation is 1. The van der Waals surface area contributed by atoms with Crippen LogP contribution in [-0.2, 0) is 10.3 Å². The number of thiophene rings is 1. The van der Waals surface area contributed by atoms with Gasteiger partial charge in [-0.25, -0.2) is 4.99 Å². The van der Waals surface area contributed by atoms with Gasteiger partial charge in [-0.1, -0.05) is 0 Å². The maximum Gasteiger partial charge on any atom is 0.194 e. The van der Waals surface area contributed by atoms with Gasteiger partial charge >= 0.3 is 0 Å². The largest absolute Gasteiger partial charge is 0.371 e. The van der Waals surface area contributed by atoms with E-state index in [-0.39, 0.29) is 0 Å².